The van der Waals surface area contributed by atoms with Crippen LogP contribution in [0.4, 0.5) is 0 Å². The molecule has 2 fully saturated rings. The van der Waals surface area contributed by atoms with Crippen LogP contribution in [-0.2, 0) is 11.2 Å². The predicted octanol–water partition coefficient (Wildman–Crippen LogP) is 7.85. The molecule has 1 saturated carbocycles. The zero-order valence-corrected chi connectivity index (χ0v) is 21.5. The fraction of sp³-hybridized carbons (Fsp3) is 0.667. The summed E-state index contributed by atoms with van der Waals surface area (Å²) < 4.78 is 6.24. The molecule has 4 atom stereocenters. The second-order valence-corrected chi connectivity index (χ2v) is 12.1. The van der Waals surface area contributed by atoms with Gasteiger partial charge in [-0.2, -0.15) is 0 Å². The van der Waals surface area contributed by atoms with E-state index >= 15 is 0 Å². The SMILES string of the molecule is C=C(C)CC[C@@]1(C)CC[C@@]2(C)CN[C@](C)(C(=C)OCCCCc3ccccc3)C[C@@]2(C)C1. The number of ether oxygens (including phenoxy) is 1. The van der Waals surface area contributed by atoms with Gasteiger partial charge in [0.25, 0.3) is 0 Å². The van der Waals surface area contributed by atoms with E-state index in [2.05, 4.69) is 83.4 Å². The van der Waals surface area contributed by atoms with Crippen LogP contribution in [0.25, 0.3) is 0 Å². The lowest BCUT2D eigenvalue weighted by molar-refractivity contribution is -0.0987. The van der Waals surface area contributed by atoms with Crippen molar-refractivity contribution >= 4 is 0 Å². The van der Waals surface area contributed by atoms with Crippen LogP contribution in [0.2, 0.25) is 0 Å². The van der Waals surface area contributed by atoms with Gasteiger partial charge >= 0.3 is 0 Å². The molecule has 1 aliphatic heterocycles. The van der Waals surface area contributed by atoms with E-state index in [-0.39, 0.29) is 11.0 Å². The Bertz CT molecular complexity index is 800. The number of hydrogen-bond acceptors (Lipinski definition) is 2. The van der Waals surface area contributed by atoms with Crippen LogP contribution >= 0.6 is 0 Å². The van der Waals surface area contributed by atoms with Crippen LogP contribution in [0.1, 0.15) is 91.5 Å². The van der Waals surface area contributed by atoms with Gasteiger partial charge in [-0.3, -0.25) is 0 Å². The first-order valence-corrected chi connectivity index (χ1v) is 12.7. The third-order valence-corrected chi connectivity index (χ3v) is 8.92. The smallest absolute Gasteiger partial charge is 0.109 e. The average Bonchev–Trinajstić information content (AvgIpc) is 2.74. The van der Waals surface area contributed by atoms with Crippen molar-refractivity contribution in [2.75, 3.05) is 13.2 Å². The van der Waals surface area contributed by atoms with Crippen LogP contribution in [0.5, 0.6) is 0 Å². The summed E-state index contributed by atoms with van der Waals surface area (Å²) in [6.07, 6.45) is 10.7. The van der Waals surface area contributed by atoms with E-state index < -0.39 is 0 Å². The van der Waals surface area contributed by atoms with Gasteiger partial charge < -0.3 is 10.1 Å². The molecule has 1 saturated heterocycles. The molecule has 0 aromatic heterocycles. The predicted molar refractivity (Wildman–Crippen MR) is 138 cm³/mol. The van der Waals surface area contributed by atoms with Crippen molar-refractivity contribution < 1.29 is 4.74 Å². The minimum absolute atomic E-state index is 0.152. The molecule has 2 nitrogen and oxygen atoms in total. The number of piperidine rings is 1. The highest BCUT2D eigenvalue weighted by atomic mass is 16.5. The molecule has 0 unspecified atom stereocenters. The molecule has 32 heavy (non-hydrogen) atoms. The Morgan fingerprint density at radius 2 is 1.69 bits per heavy atom. The van der Waals surface area contributed by atoms with Gasteiger partial charge in [-0.25, -0.2) is 0 Å². The van der Waals surface area contributed by atoms with Crippen molar-refractivity contribution in [3.05, 3.63) is 60.4 Å². The van der Waals surface area contributed by atoms with Crippen LogP contribution in [0.15, 0.2) is 54.8 Å². The molecule has 1 aliphatic carbocycles. The molecule has 0 amide bonds. The number of nitrogens with one attached hydrogen (secondary N) is 1. The first kappa shape index (κ1) is 25.1. The molecule has 1 N–H and O–H groups in total. The zero-order chi connectivity index (χ0) is 23.5. The number of benzene rings is 1. The van der Waals surface area contributed by atoms with Crippen LogP contribution < -0.4 is 5.32 Å². The van der Waals surface area contributed by atoms with Crippen molar-refractivity contribution in [3.63, 3.8) is 0 Å². The highest BCUT2D eigenvalue weighted by molar-refractivity contribution is 5.19. The average molecular weight is 438 g/mol. The zero-order valence-electron chi connectivity index (χ0n) is 21.5. The second-order valence-electron chi connectivity index (χ2n) is 12.1. The molecule has 0 spiro atoms. The van der Waals surface area contributed by atoms with Gasteiger partial charge in [-0.15, -0.1) is 6.58 Å². The van der Waals surface area contributed by atoms with Gasteiger partial charge in [-0.1, -0.05) is 63.3 Å². The number of unbranched alkanes of at least 4 members (excludes halogenated alkanes) is 1. The molecular weight excluding hydrogens is 390 g/mol. The van der Waals surface area contributed by atoms with Crippen molar-refractivity contribution in [1.82, 2.24) is 5.32 Å². The lowest BCUT2D eigenvalue weighted by atomic mass is 9.46. The maximum Gasteiger partial charge on any atom is 0.109 e. The van der Waals surface area contributed by atoms with E-state index in [1.807, 2.05) is 0 Å². The summed E-state index contributed by atoms with van der Waals surface area (Å²) >= 11 is 0. The topological polar surface area (TPSA) is 21.3 Å². The Morgan fingerprint density at radius 1 is 0.969 bits per heavy atom. The highest BCUT2D eigenvalue weighted by Gasteiger charge is 2.57. The van der Waals surface area contributed by atoms with Crippen LogP contribution in [-0.4, -0.2) is 18.7 Å². The van der Waals surface area contributed by atoms with E-state index in [1.165, 1.54) is 36.8 Å². The molecule has 1 aromatic rings. The van der Waals surface area contributed by atoms with Gasteiger partial charge in [0, 0.05) is 6.54 Å². The molecule has 0 bridgehead atoms. The lowest BCUT2D eigenvalue weighted by Gasteiger charge is -2.62. The van der Waals surface area contributed by atoms with Crippen LogP contribution in [0, 0.1) is 16.2 Å². The standard InChI is InChI=1S/C30H47NO/c1-24(2)16-17-27(4)18-19-28(5)23-31-30(7,22-29(28,6)21-27)25(3)32-20-12-11-15-26-13-9-8-10-14-26/h8-10,13-14,31H,1,3,11-12,15-23H2,2,4-7H3/t27-,28-,29+,30-/m0/s1. The number of allylic oxidation sites excluding steroid dienone is 1. The maximum absolute atomic E-state index is 6.24. The Hall–Kier alpha value is -1.54. The Morgan fingerprint density at radius 3 is 2.38 bits per heavy atom. The first-order valence-electron chi connectivity index (χ1n) is 12.7. The number of hydrogen-bond donors (Lipinski definition) is 1. The monoisotopic (exact) mass is 437 g/mol. The summed E-state index contributed by atoms with van der Waals surface area (Å²) in [7, 11) is 0. The first-order chi connectivity index (χ1) is 15.0. The Labute approximate surface area is 197 Å². The van der Waals surface area contributed by atoms with Gasteiger partial charge in [0.15, 0.2) is 0 Å². The second kappa shape index (κ2) is 9.75. The molecule has 1 aromatic carbocycles. The van der Waals surface area contributed by atoms with Gasteiger partial charge in [0.1, 0.15) is 5.76 Å². The largest absolute Gasteiger partial charge is 0.497 e. The van der Waals surface area contributed by atoms with E-state index in [4.69, 9.17) is 4.74 Å². The van der Waals surface area contributed by atoms with E-state index in [1.54, 1.807) is 0 Å². The molecule has 2 heteroatoms. The minimum atomic E-state index is -0.152. The highest BCUT2D eigenvalue weighted by Crippen LogP contribution is 2.62. The number of aryl methyl sites for hydroxylation is 1. The molecule has 3 rings (SSSR count). The summed E-state index contributed by atoms with van der Waals surface area (Å²) in [6, 6.07) is 10.7. The van der Waals surface area contributed by atoms with E-state index in [0.29, 0.717) is 10.8 Å². The van der Waals surface area contributed by atoms with Crippen LogP contribution in [0.3, 0.4) is 0 Å². The third-order valence-electron chi connectivity index (χ3n) is 8.92. The molecule has 1 heterocycles. The van der Waals surface area contributed by atoms with Gasteiger partial charge in [-0.05, 0) is 93.4 Å². The Kier molecular flexibility index (Phi) is 7.65. The quantitative estimate of drug-likeness (QED) is 0.228. The summed E-state index contributed by atoms with van der Waals surface area (Å²) in [5.41, 5.74) is 3.60. The fourth-order valence-corrected chi connectivity index (χ4v) is 6.29. The van der Waals surface area contributed by atoms with Gasteiger partial charge in [0.05, 0.1) is 12.1 Å². The fourth-order valence-electron chi connectivity index (χ4n) is 6.29. The summed E-state index contributed by atoms with van der Waals surface area (Å²) in [4.78, 5) is 0. The normalized spacial score (nSPS) is 34.5. The molecule has 178 valence electrons. The maximum atomic E-state index is 6.24. The summed E-state index contributed by atoms with van der Waals surface area (Å²) in [5.74, 6) is 0.926. The minimum Gasteiger partial charge on any atom is -0.497 e. The van der Waals surface area contributed by atoms with Gasteiger partial charge in [0.2, 0.25) is 0 Å². The number of rotatable bonds is 10. The van der Waals surface area contributed by atoms with E-state index in [0.717, 1.165) is 51.0 Å². The van der Waals surface area contributed by atoms with Crippen molar-refractivity contribution in [1.29, 1.82) is 0 Å². The van der Waals surface area contributed by atoms with Crippen molar-refractivity contribution in [2.45, 2.75) is 97.9 Å². The molecule has 2 aliphatic rings. The molecular formula is C30H47NO. The number of fused-ring (bicyclic) bond motifs is 1. The lowest BCUT2D eigenvalue weighted by Crippen LogP contribution is -2.64. The molecule has 0 radical (unpaired) electrons. The summed E-state index contributed by atoms with van der Waals surface area (Å²) in [6.45, 7) is 22.4. The van der Waals surface area contributed by atoms with Crippen molar-refractivity contribution in [2.24, 2.45) is 16.2 Å². The Balaban J connectivity index is 1.55. The van der Waals surface area contributed by atoms with Crippen molar-refractivity contribution in [3.8, 4) is 0 Å². The third kappa shape index (κ3) is 5.68. The summed E-state index contributed by atoms with van der Waals surface area (Å²) in [5, 5.41) is 3.87. The van der Waals surface area contributed by atoms with E-state index in [9.17, 15) is 0 Å².